The number of hydrogen-bond acceptors (Lipinski definition) is 13. The number of nitrogens with two attached hydrogens (primary N) is 1. The van der Waals surface area contributed by atoms with Crippen molar-refractivity contribution in [3.8, 4) is 0 Å². The molecule has 0 aromatic heterocycles. The van der Waals surface area contributed by atoms with Crippen molar-refractivity contribution in [3.05, 3.63) is 76.9 Å². The van der Waals surface area contributed by atoms with Crippen molar-refractivity contribution in [1.29, 1.82) is 0 Å². The van der Waals surface area contributed by atoms with Crippen molar-refractivity contribution in [2.75, 3.05) is 23.4 Å². The van der Waals surface area contributed by atoms with E-state index in [2.05, 4.69) is 9.50 Å². The van der Waals surface area contributed by atoms with Crippen molar-refractivity contribution in [3.63, 3.8) is 0 Å². The van der Waals surface area contributed by atoms with E-state index >= 15 is 0 Å². The average molecular weight is 643 g/mol. The number of rotatable bonds is 8. The predicted octanol–water partition coefficient (Wildman–Crippen LogP) is -5.05. The van der Waals surface area contributed by atoms with Gasteiger partial charge >= 0.3 is 80.9 Å². The topological polar surface area (TPSA) is 230 Å². The zero-order chi connectivity index (χ0) is 28.0. The third-order valence-electron chi connectivity index (χ3n) is 5.52. The normalized spacial score (nSPS) is 12.9. The van der Waals surface area contributed by atoms with Crippen LogP contribution in [-0.2, 0) is 34.5 Å². The number of hydrogen-bond donors (Lipinski definition) is 2. The molecule has 0 heterocycles. The smallest absolute Gasteiger partial charge is 0.744 e. The van der Waals surface area contributed by atoms with Gasteiger partial charge in [-0.1, -0.05) is 30.3 Å². The van der Waals surface area contributed by atoms with Gasteiger partial charge in [0.25, 0.3) is 0 Å². The molecule has 40 heavy (non-hydrogen) atoms. The van der Waals surface area contributed by atoms with Gasteiger partial charge in [0, 0.05) is 16.8 Å². The van der Waals surface area contributed by atoms with Crippen LogP contribution in [0.5, 0.6) is 0 Å². The Morgan fingerprint density at radius 2 is 1.40 bits per heavy atom. The fraction of sp³-hybridized carbons (Fsp3) is 0.0909. The maximum atomic E-state index is 13.3. The Kier molecular flexibility index (Phi) is 11.5. The number of anilines is 3. The summed E-state index contributed by atoms with van der Waals surface area (Å²) in [7, 11) is -14.5. The van der Waals surface area contributed by atoms with E-state index in [-0.39, 0.29) is 114 Å². The molecule has 18 heteroatoms. The molecule has 0 saturated carbocycles. The van der Waals surface area contributed by atoms with Crippen LogP contribution in [0.4, 0.5) is 17.1 Å². The largest absolute Gasteiger partial charge is 1.00 e. The zero-order valence-corrected chi connectivity index (χ0v) is 28.5. The molecule has 0 atom stereocenters. The molecule has 0 aliphatic heterocycles. The van der Waals surface area contributed by atoms with Crippen molar-refractivity contribution in [2.24, 2.45) is 0 Å². The summed E-state index contributed by atoms with van der Waals surface area (Å²) in [5.41, 5.74) is 4.03. The third kappa shape index (κ3) is 7.48. The summed E-state index contributed by atoms with van der Waals surface area (Å²) in [6, 6.07) is 11.4. The molecule has 4 rings (SSSR count). The standard InChI is InChI=1S/C22H18N2O11S3.K.Na/c23-20-17(37(29,30)31)11-16(18-19(20)22(26)15-7-2-1-6-14(15)21(18)25)24-12-4-3-5-13(10-12)36(27,28)9-8-35-38(32,33)34;;/h1-7,10-11,24H,8-9,23H2,(H,29,30,31)(H,32,33,34);;/q;2*+1/p-2. The van der Waals surface area contributed by atoms with E-state index in [0.717, 1.165) is 18.2 Å². The Morgan fingerprint density at radius 3 is 1.95 bits per heavy atom. The number of ketones is 2. The summed E-state index contributed by atoms with van der Waals surface area (Å²) in [5.74, 6) is -2.35. The Bertz CT molecular complexity index is 1850. The van der Waals surface area contributed by atoms with Gasteiger partial charge in [-0.2, -0.15) is 0 Å². The van der Waals surface area contributed by atoms with E-state index in [1.165, 1.54) is 36.4 Å². The van der Waals surface area contributed by atoms with E-state index < -0.39 is 70.4 Å². The van der Waals surface area contributed by atoms with Gasteiger partial charge in [-0.15, -0.1) is 0 Å². The van der Waals surface area contributed by atoms with Crippen LogP contribution < -0.4 is 92.0 Å². The molecule has 3 N–H and O–H groups in total. The molecule has 0 saturated heterocycles. The zero-order valence-electron chi connectivity index (χ0n) is 20.9. The molecular formula is C22H16KN2NaO11S3. The summed E-state index contributed by atoms with van der Waals surface area (Å²) in [5, 5.41) is 2.67. The van der Waals surface area contributed by atoms with Crippen LogP contribution in [0.3, 0.4) is 0 Å². The van der Waals surface area contributed by atoms with E-state index in [0.29, 0.717) is 0 Å². The third-order valence-corrected chi connectivity index (χ3v) is 8.53. The summed E-state index contributed by atoms with van der Waals surface area (Å²) in [4.78, 5) is 25.2. The van der Waals surface area contributed by atoms with E-state index in [4.69, 9.17) is 5.73 Å². The fourth-order valence-electron chi connectivity index (χ4n) is 3.89. The molecule has 1 aliphatic carbocycles. The first-order valence-corrected chi connectivity index (χ1v) is 14.8. The number of nitrogen functional groups attached to an aromatic ring is 1. The minimum absolute atomic E-state index is 0. The second-order valence-electron chi connectivity index (χ2n) is 7.95. The van der Waals surface area contributed by atoms with Crippen molar-refractivity contribution >= 4 is 59.0 Å². The van der Waals surface area contributed by atoms with E-state index in [1.807, 2.05) is 0 Å². The van der Waals surface area contributed by atoms with Gasteiger partial charge < -0.3 is 20.2 Å². The maximum Gasteiger partial charge on any atom is 1.00 e. The minimum Gasteiger partial charge on any atom is -0.744 e. The molecule has 13 nitrogen and oxygen atoms in total. The number of sulfone groups is 1. The van der Waals surface area contributed by atoms with Gasteiger partial charge in [-0.05, 0) is 24.3 Å². The summed E-state index contributed by atoms with van der Waals surface area (Å²) >= 11 is 0. The van der Waals surface area contributed by atoms with Crippen LogP contribution in [0.1, 0.15) is 31.8 Å². The summed E-state index contributed by atoms with van der Waals surface area (Å²) < 4.78 is 96.6. The number of carbonyl (C=O) groups is 2. The number of benzene rings is 3. The van der Waals surface area contributed by atoms with Gasteiger partial charge in [0.1, 0.15) is 10.1 Å². The number of carbonyl (C=O) groups excluding carboxylic acids is 2. The Morgan fingerprint density at radius 1 is 0.825 bits per heavy atom. The molecule has 0 radical (unpaired) electrons. The van der Waals surface area contributed by atoms with Gasteiger partial charge in [0.05, 0.1) is 44.7 Å². The first kappa shape index (κ1) is 35.2. The quantitative estimate of drug-likeness (QED) is 0.0794. The SMILES string of the molecule is Nc1c(S(=O)(=O)[O-])cc(Nc2cccc(S(=O)(=O)CCOS(=O)(=O)[O-])c2)c2c1C(=O)c1ccccc1C2=O.[K+].[Na+]. The van der Waals surface area contributed by atoms with Crippen molar-refractivity contribution in [1.82, 2.24) is 0 Å². The first-order chi connectivity index (χ1) is 17.6. The maximum absolute atomic E-state index is 13.3. The van der Waals surface area contributed by atoms with Crippen LogP contribution in [0, 0.1) is 0 Å². The van der Waals surface area contributed by atoms with E-state index in [9.17, 15) is 43.9 Å². The molecule has 0 bridgehead atoms. The van der Waals surface area contributed by atoms with Gasteiger partial charge in [0.2, 0.25) is 10.4 Å². The molecular weight excluding hydrogens is 627 g/mol. The summed E-state index contributed by atoms with van der Waals surface area (Å²) in [6.45, 7) is -0.933. The second kappa shape index (κ2) is 13.1. The Labute approximate surface area is 294 Å². The first-order valence-electron chi connectivity index (χ1n) is 10.4. The number of fused-ring (bicyclic) bond motifs is 2. The van der Waals surface area contributed by atoms with Gasteiger partial charge in [-0.25, -0.2) is 25.3 Å². The average Bonchev–Trinajstić information content (AvgIpc) is 2.82. The molecule has 0 spiro atoms. The fourth-order valence-corrected chi connectivity index (χ4v) is 6.04. The molecule has 0 unspecified atom stereocenters. The monoisotopic (exact) mass is 642 g/mol. The molecule has 0 amide bonds. The predicted molar refractivity (Wildman–Crippen MR) is 130 cm³/mol. The van der Waals surface area contributed by atoms with Crippen molar-refractivity contribution in [2.45, 2.75) is 9.79 Å². The Balaban J connectivity index is 0.00000280. The van der Waals surface area contributed by atoms with Crippen molar-refractivity contribution < 1.29 is 129 Å². The van der Waals surface area contributed by atoms with Gasteiger partial charge in [0.15, 0.2) is 21.4 Å². The molecule has 3 aromatic rings. The van der Waals surface area contributed by atoms with E-state index in [1.54, 1.807) is 0 Å². The molecule has 1 aliphatic rings. The number of nitrogens with one attached hydrogen (secondary N) is 1. The van der Waals surface area contributed by atoms with Crippen LogP contribution in [0.2, 0.25) is 0 Å². The second-order valence-corrected chi connectivity index (χ2v) is 12.5. The summed E-state index contributed by atoms with van der Waals surface area (Å²) in [6.07, 6.45) is 0. The van der Waals surface area contributed by atoms with Crippen LogP contribution in [0.15, 0.2) is 64.4 Å². The van der Waals surface area contributed by atoms with Crippen LogP contribution >= 0.6 is 0 Å². The van der Waals surface area contributed by atoms with Gasteiger partial charge in [-0.3, -0.25) is 13.8 Å². The minimum atomic E-state index is -5.22. The molecule has 200 valence electrons. The van der Waals surface area contributed by atoms with Crippen LogP contribution in [-0.4, -0.2) is 58.3 Å². The molecule has 3 aromatic carbocycles. The Hall–Kier alpha value is -1.03. The van der Waals surface area contributed by atoms with Crippen LogP contribution in [0.25, 0.3) is 0 Å². The molecule has 0 fully saturated rings.